The van der Waals surface area contributed by atoms with E-state index in [-0.39, 0.29) is 5.75 Å². The third-order valence-corrected chi connectivity index (χ3v) is 2.79. The van der Waals surface area contributed by atoms with E-state index in [2.05, 4.69) is 18.1 Å². The van der Waals surface area contributed by atoms with Crippen LogP contribution in [0, 0.1) is 0 Å². The highest BCUT2D eigenvalue weighted by molar-refractivity contribution is 8.29. The van der Waals surface area contributed by atoms with Gasteiger partial charge >= 0.3 is 0 Å². The van der Waals surface area contributed by atoms with Gasteiger partial charge in [-0.3, -0.25) is 4.21 Å². The van der Waals surface area contributed by atoms with Gasteiger partial charge in [-0.05, 0) is 26.4 Å². The third kappa shape index (κ3) is 10.3. The first-order chi connectivity index (χ1) is 5.06. The lowest BCUT2D eigenvalue weighted by atomic mass is 10.2. The summed E-state index contributed by atoms with van der Waals surface area (Å²) in [6.07, 6.45) is 5.22. The summed E-state index contributed by atoms with van der Waals surface area (Å²) in [6, 6.07) is 0. The van der Waals surface area contributed by atoms with Crippen LogP contribution < -0.4 is 0 Å². The third-order valence-electron chi connectivity index (χ3n) is 1.50. The van der Waals surface area contributed by atoms with Crippen LogP contribution in [0.5, 0.6) is 0 Å². The number of rotatable bonds is 6. The maximum Gasteiger partial charge on any atom is 0.0135 e. The van der Waals surface area contributed by atoms with Crippen molar-refractivity contribution >= 4 is 20.0 Å². The Morgan fingerprint density at radius 3 is 2.27 bits per heavy atom. The molecule has 0 aromatic rings. The molecular formula is C7H15O2S2-. The normalized spacial score (nSPS) is 16.2. The average molecular weight is 195 g/mol. The topological polar surface area (TPSA) is 40.1 Å². The molecule has 0 N–H and O–H groups in total. The van der Waals surface area contributed by atoms with Crippen molar-refractivity contribution in [2.45, 2.75) is 39.0 Å². The minimum Gasteiger partial charge on any atom is -0.769 e. The van der Waals surface area contributed by atoms with Crippen LogP contribution in [0.25, 0.3) is 0 Å². The molecule has 0 rings (SSSR count). The quantitative estimate of drug-likeness (QED) is 0.607. The van der Waals surface area contributed by atoms with Crippen LogP contribution in [0.3, 0.4) is 0 Å². The maximum atomic E-state index is 10.5. The Balaban J connectivity index is 3.16. The Morgan fingerprint density at radius 1 is 1.27 bits per heavy atom. The van der Waals surface area contributed by atoms with Crippen molar-refractivity contribution in [1.29, 1.82) is 0 Å². The molecule has 0 saturated heterocycles. The molecule has 0 fully saturated rings. The van der Waals surface area contributed by atoms with Crippen molar-refractivity contribution in [1.82, 2.24) is 0 Å². The van der Waals surface area contributed by atoms with Crippen molar-refractivity contribution < 1.29 is 8.76 Å². The Hall–Kier alpha value is 0.330. The fraction of sp³-hybridized carbons (Fsp3) is 1.00. The Kier molecular flexibility index (Phi) is 6.09. The van der Waals surface area contributed by atoms with Crippen LogP contribution in [-0.2, 0) is 20.0 Å². The lowest BCUT2D eigenvalue weighted by molar-refractivity contribution is 0.529. The molecule has 0 aromatic carbocycles. The van der Waals surface area contributed by atoms with Gasteiger partial charge in [-0.15, -0.1) is 0 Å². The minimum atomic E-state index is -3.13. The molecule has 0 saturated carbocycles. The Labute approximate surface area is 73.9 Å². The SMILES string of the molecule is CCCCCCCS(=O)([O-])=S. The molecule has 0 aromatic heterocycles. The lowest BCUT2D eigenvalue weighted by Crippen LogP contribution is -2.01. The highest BCUT2D eigenvalue weighted by atomic mass is 32.8. The van der Waals surface area contributed by atoms with Gasteiger partial charge in [-0.25, -0.2) is 0 Å². The Morgan fingerprint density at radius 2 is 1.82 bits per heavy atom. The van der Waals surface area contributed by atoms with Crippen LogP contribution in [0.1, 0.15) is 39.0 Å². The molecule has 0 radical (unpaired) electrons. The van der Waals surface area contributed by atoms with Gasteiger partial charge in [-0.1, -0.05) is 32.6 Å². The largest absolute Gasteiger partial charge is 0.769 e. The summed E-state index contributed by atoms with van der Waals surface area (Å²) in [5.74, 6) is 0.173. The van der Waals surface area contributed by atoms with E-state index in [4.69, 9.17) is 0 Å². The zero-order valence-electron chi connectivity index (χ0n) is 6.88. The van der Waals surface area contributed by atoms with Gasteiger partial charge in [0, 0.05) is 5.75 Å². The van der Waals surface area contributed by atoms with E-state index in [1.807, 2.05) is 0 Å². The first-order valence-electron chi connectivity index (χ1n) is 4.00. The molecule has 0 bridgehead atoms. The molecule has 2 nitrogen and oxygen atoms in total. The molecule has 68 valence electrons. The summed E-state index contributed by atoms with van der Waals surface area (Å²) in [6.45, 7) is 2.13. The predicted octanol–water partition coefficient (Wildman–Crippen LogP) is 1.83. The van der Waals surface area contributed by atoms with E-state index in [1.54, 1.807) is 0 Å². The molecule has 0 aliphatic carbocycles. The molecule has 0 aliphatic rings. The number of hydrogen-bond acceptors (Lipinski definition) is 3. The lowest BCUT2D eigenvalue weighted by Gasteiger charge is -2.08. The summed E-state index contributed by atoms with van der Waals surface area (Å²) >= 11 is 4.24. The molecule has 1 unspecified atom stereocenters. The van der Waals surface area contributed by atoms with Crippen LogP contribution in [0.2, 0.25) is 0 Å². The van der Waals surface area contributed by atoms with E-state index >= 15 is 0 Å². The molecule has 4 heteroatoms. The van der Waals surface area contributed by atoms with Crippen molar-refractivity contribution in [3.05, 3.63) is 0 Å². The minimum absolute atomic E-state index is 0.173. The Bertz CT molecular complexity index is 173. The standard InChI is InChI=1S/C7H16O2S2/c1-2-3-4-5-6-7-11(8,9)10/h2-7H2,1H3,(H,8,9,10)/p-1. The molecule has 0 spiro atoms. The van der Waals surface area contributed by atoms with E-state index in [9.17, 15) is 8.76 Å². The second-order valence-electron chi connectivity index (χ2n) is 2.68. The zero-order valence-corrected chi connectivity index (χ0v) is 8.51. The van der Waals surface area contributed by atoms with Crippen LogP contribution in [-0.4, -0.2) is 14.5 Å². The first-order valence-corrected chi connectivity index (χ1v) is 6.57. The predicted molar refractivity (Wildman–Crippen MR) is 49.9 cm³/mol. The first kappa shape index (κ1) is 11.3. The second kappa shape index (κ2) is 5.91. The second-order valence-corrected chi connectivity index (χ2v) is 5.72. The van der Waals surface area contributed by atoms with Crippen molar-refractivity contribution in [2.24, 2.45) is 0 Å². The van der Waals surface area contributed by atoms with Crippen molar-refractivity contribution in [2.75, 3.05) is 5.75 Å². The van der Waals surface area contributed by atoms with Gasteiger partial charge in [-0.2, -0.15) is 0 Å². The van der Waals surface area contributed by atoms with Gasteiger partial charge < -0.3 is 4.55 Å². The van der Waals surface area contributed by atoms with Gasteiger partial charge in [0.25, 0.3) is 0 Å². The fourth-order valence-corrected chi connectivity index (χ4v) is 1.79. The molecule has 0 heterocycles. The van der Waals surface area contributed by atoms with Gasteiger partial charge in [0.2, 0.25) is 0 Å². The number of unbranched alkanes of at least 4 members (excludes halogenated alkanes) is 4. The summed E-state index contributed by atoms with van der Waals surface area (Å²) < 4.78 is 21.0. The van der Waals surface area contributed by atoms with Gasteiger partial charge in [0.15, 0.2) is 0 Å². The maximum absolute atomic E-state index is 10.5. The molecule has 0 amide bonds. The van der Waals surface area contributed by atoms with E-state index in [1.165, 1.54) is 12.8 Å². The van der Waals surface area contributed by atoms with Crippen LogP contribution >= 0.6 is 0 Å². The smallest absolute Gasteiger partial charge is 0.0135 e. The number of hydrogen-bond donors (Lipinski definition) is 0. The summed E-state index contributed by atoms with van der Waals surface area (Å²) in [7, 11) is -3.13. The molecule has 1 atom stereocenters. The molecular weight excluding hydrogens is 180 g/mol. The van der Waals surface area contributed by atoms with E-state index in [0.29, 0.717) is 0 Å². The average Bonchev–Trinajstić information content (AvgIpc) is 1.85. The van der Waals surface area contributed by atoms with Crippen molar-refractivity contribution in [3.8, 4) is 0 Å². The zero-order chi connectivity index (χ0) is 8.74. The van der Waals surface area contributed by atoms with E-state index in [0.717, 1.165) is 19.3 Å². The summed E-state index contributed by atoms with van der Waals surface area (Å²) in [5.41, 5.74) is 0. The highest BCUT2D eigenvalue weighted by Gasteiger charge is 1.91. The monoisotopic (exact) mass is 195 g/mol. The summed E-state index contributed by atoms with van der Waals surface area (Å²) in [4.78, 5) is 0. The van der Waals surface area contributed by atoms with Crippen LogP contribution in [0.4, 0.5) is 0 Å². The highest BCUT2D eigenvalue weighted by Crippen LogP contribution is 2.03. The fourth-order valence-electron chi connectivity index (χ4n) is 0.882. The molecule has 11 heavy (non-hydrogen) atoms. The van der Waals surface area contributed by atoms with Gasteiger partial charge in [0.05, 0.1) is 0 Å². The van der Waals surface area contributed by atoms with E-state index < -0.39 is 8.77 Å². The summed E-state index contributed by atoms with van der Waals surface area (Å²) in [5, 5.41) is 0. The van der Waals surface area contributed by atoms with Gasteiger partial charge in [0.1, 0.15) is 0 Å². The molecule has 0 aliphatic heterocycles. The van der Waals surface area contributed by atoms with Crippen LogP contribution in [0.15, 0.2) is 0 Å². The van der Waals surface area contributed by atoms with Crippen molar-refractivity contribution in [3.63, 3.8) is 0 Å².